The van der Waals surface area contributed by atoms with Crippen LogP contribution in [0.3, 0.4) is 0 Å². The van der Waals surface area contributed by atoms with E-state index in [9.17, 15) is 18.0 Å². The molecule has 1 aromatic rings. The van der Waals surface area contributed by atoms with Crippen molar-refractivity contribution in [3.8, 4) is 0 Å². The first-order valence-corrected chi connectivity index (χ1v) is 7.68. The molecule has 1 atom stereocenters. The van der Waals surface area contributed by atoms with E-state index >= 15 is 0 Å². The number of rotatable bonds is 4. The molecule has 0 bridgehead atoms. The number of β-lactam (4-membered cyclic amide) rings is 1. The summed E-state index contributed by atoms with van der Waals surface area (Å²) >= 11 is 0. The lowest BCUT2D eigenvalue weighted by molar-refractivity contribution is -0.152. The molecular weight excluding hydrogens is 296 g/mol. The van der Waals surface area contributed by atoms with Crippen LogP contribution in [0.4, 0.5) is 0 Å². The minimum atomic E-state index is -4.62. The molecule has 1 heterocycles. The maximum absolute atomic E-state index is 11.9. The van der Waals surface area contributed by atoms with Crippen LogP contribution in [0, 0.1) is 0 Å². The lowest BCUT2D eigenvalue weighted by Gasteiger charge is -2.50. The molecule has 8 heteroatoms. The number of hydrogen-bond donors (Lipinski definition) is 2. The maximum atomic E-state index is 11.9. The average molecular weight is 312 g/mol. The molecule has 0 radical (unpaired) electrons. The van der Waals surface area contributed by atoms with Crippen LogP contribution in [0.1, 0.15) is 19.4 Å². The SMILES string of the molecule is CC1(C)C(NC(=O)Cc2ccccc2)C(=O)N1S(=O)(=O)O. The number of nitrogens with one attached hydrogen (secondary N) is 1. The van der Waals surface area contributed by atoms with Crippen molar-refractivity contribution in [3.63, 3.8) is 0 Å². The fourth-order valence-corrected chi connectivity index (χ4v) is 3.43. The van der Waals surface area contributed by atoms with Crippen LogP contribution in [0.25, 0.3) is 0 Å². The summed E-state index contributed by atoms with van der Waals surface area (Å²) < 4.78 is 31.6. The Bertz CT molecular complexity index is 669. The van der Waals surface area contributed by atoms with Gasteiger partial charge in [0.25, 0.3) is 5.91 Å². The Kier molecular flexibility index (Phi) is 3.77. The van der Waals surface area contributed by atoms with Crippen LogP contribution in [-0.4, -0.2) is 40.7 Å². The van der Waals surface area contributed by atoms with Crippen LogP contribution < -0.4 is 5.32 Å². The van der Waals surface area contributed by atoms with Gasteiger partial charge in [0.05, 0.1) is 12.0 Å². The van der Waals surface area contributed by atoms with E-state index in [0.717, 1.165) is 5.56 Å². The van der Waals surface area contributed by atoms with Gasteiger partial charge in [-0.3, -0.25) is 14.1 Å². The second-order valence-electron chi connectivity index (χ2n) is 5.40. The van der Waals surface area contributed by atoms with Crippen molar-refractivity contribution >= 4 is 22.1 Å². The van der Waals surface area contributed by atoms with Crippen molar-refractivity contribution in [1.82, 2.24) is 9.62 Å². The van der Waals surface area contributed by atoms with Crippen LogP contribution in [-0.2, 0) is 26.3 Å². The zero-order valence-corrected chi connectivity index (χ0v) is 12.4. The standard InChI is InChI=1S/C13H16N2O5S/c1-13(2)11(12(17)15(13)21(18,19)20)14-10(16)8-9-6-4-3-5-7-9/h3-7,11H,8H2,1-2H3,(H,14,16)(H,18,19,20). The lowest BCUT2D eigenvalue weighted by Crippen LogP contribution is -2.77. The molecule has 0 aliphatic carbocycles. The second-order valence-corrected chi connectivity index (χ2v) is 6.66. The molecule has 21 heavy (non-hydrogen) atoms. The van der Waals surface area contributed by atoms with Crippen molar-refractivity contribution in [2.75, 3.05) is 0 Å². The molecular formula is C13H16N2O5S. The largest absolute Gasteiger partial charge is 0.362 e. The van der Waals surface area contributed by atoms with Gasteiger partial charge in [0, 0.05) is 0 Å². The van der Waals surface area contributed by atoms with Gasteiger partial charge < -0.3 is 5.32 Å². The Morgan fingerprint density at radius 2 is 1.90 bits per heavy atom. The van der Waals surface area contributed by atoms with E-state index in [4.69, 9.17) is 4.55 Å². The van der Waals surface area contributed by atoms with Crippen molar-refractivity contribution in [2.24, 2.45) is 0 Å². The topological polar surface area (TPSA) is 104 Å². The van der Waals surface area contributed by atoms with Gasteiger partial charge in [-0.2, -0.15) is 8.42 Å². The number of carbonyl (C=O) groups excluding carboxylic acids is 2. The van der Waals surface area contributed by atoms with E-state index in [1.807, 2.05) is 6.07 Å². The Morgan fingerprint density at radius 3 is 2.38 bits per heavy atom. The number of nitrogens with zero attached hydrogens (tertiary/aromatic N) is 1. The molecule has 7 nitrogen and oxygen atoms in total. The van der Waals surface area contributed by atoms with Gasteiger partial charge in [-0.15, -0.1) is 0 Å². The Balaban J connectivity index is 2.05. The zero-order chi connectivity index (χ0) is 15.8. The van der Waals surface area contributed by atoms with E-state index in [0.29, 0.717) is 4.31 Å². The first-order chi connectivity index (χ1) is 9.64. The highest BCUT2D eigenvalue weighted by Gasteiger charge is 2.59. The molecule has 0 saturated carbocycles. The van der Waals surface area contributed by atoms with E-state index in [2.05, 4.69) is 5.32 Å². The average Bonchev–Trinajstić information content (AvgIpc) is 2.35. The highest BCUT2D eigenvalue weighted by atomic mass is 32.2. The lowest BCUT2D eigenvalue weighted by atomic mass is 9.85. The summed E-state index contributed by atoms with van der Waals surface area (Å²) in [4.78, 5) is 23.7. The quantitative estimate of drug-likeness (QED) is 0.608. The fourth-order valence-electron chi connectivity index (χ4n) is 2.40. The molecule has 1 unspecified atom stereocenters. The summed E-state index contributed by atoms with van der Waals surface area (Å²) in [7, 11) is -4.62. The molecule has 2 amide bonds. The van der Waals surface area contributed by atoms with Gasteiger partial charge in [0.2, 0.25) is 5.91 Å². The fraction of sp³-hybridized carbons (Fsp3) is 0.385. The van der Waals surface area contributed by atoms with Crippen molar-refractivity contribution in [1.29, 1.82) is 0 Å². The number of carbonyl (C=O) groups is 2. The minimum absolute atomic E-state index is 0.0899. The molecule has 0 spiro atoms. The molecule has 1 fully saturated rings. The summed E-state index contributed by atoms with van der Waals surface area (Å²) in [5.74, 6) is -1.23. The summed E-state index contributed by atoms with van der Waals surface area (Å²) in [6.07, 6.45) is 0.0899. The molecule has 114 valence electrons. The maximum Gasteiger partial charge on any atom is 0.362 e. The smallest absolute Gasteiger partial charge is 0.342 e. The molecule has 1 saturated heterocycles. The van der Waals surface area contributed by atoms with E-state index in [1.165, 1.54) is 13.8 Å². The second kappa shape index (κ2) is 5.12. The molecule has 2 rings (SSSR count). The Morgan fingerprint density at radius 1 is 1.33 bits per heavy atom. The highest BCUT2D eigenvalue weighted by molar-refractivity contribution is 7.84. The first-order valence-electron chi connectivity index (χ1n) is 6.29. The minimum Gasteiger partial charge on any atom is -0.342 e. The van der Waals surface area contributed by atoms with Gasteiger partial charge in [0.1, 0.15) is 6.04 Å². The van der Waals surface area contributed by atoms with E-state index in [-0.39, 0.29) is 12.3 Å². The number of hydrogen-bond acceptors (Lipinski definition) is 4. The molecule has 1 aromatic carbocycles. The van der Waals surface area contributed by atoms with Crippen LogP contribution in [0.15, 0.2) is 30.3 Å². The monoisotopic (exact) mass is 312 g/mol. The van der Waals surface area contributed by atoms with Gasteiger partial charge in [0.15, 0.2) is 0 Å². The third kappa shape index (κ3) is 2.91. The van der Waals surface area contributed by atoms with E-state index in [1.54, 1.807) is 24.3 Å². The first kappa shape index (κ1) is 15.5. The summed E-state index contributed by atoms with van der Waals surface area (Å²) in [5.41, 5.74) is -0.414. The predicted octanol–water partition coefficient (Wildman–Crippen LogP) is 0.138. The van der Waals surface area contributed by atoms with Gasteiger partial charge in [-0.25, -0.2) is 4.31 Å². The molecule has 0 aromatic heterocycles. The Labute approximate surface area is 122 Å². The van der Waals surface area contributed by atoms with Crippen LogP contribution in [0.5, 0.6) is 0 Å². The summed E-state index contributed by atoms with van der Waals surface area (Å²) in [6.45, 7) is 2.91. The van der Waals surface area contributed by atoms with Crippen molar-refractivity contribution in [3.05, 3.63) is 35.9 Å². The van der Waals surface area contributed by atoms with E-state index < -0.39 is 27.8 Å². The van der Waals surface area contributed by atoms with Gasteiger partial charge in [-0.05, 0) is 19.4 Å². The van der Waals surface area contributed by atoms with Crippen molar-refractivity contribution < 1.29 is 22.6 Å². The molecule has 1 aliphatic rings. The highest BCUT2D eigenvalue weighted by Crippen LogP contribution is 2.33. The summed E-state index contributed by atoms with van der Waals surface area (Å²) in [6, 6.07) is 7.98. The van der Waals surface area contributed by atoms with Gasteiger partial charge >= 0.3 is 10.3 Å². The number of benzene rings is 1. The van der Waals surface area contributed by atoms with Crippen LogP contribution >= 0.6 is 0 Å². The third-order valence-electron chi connectivity index (χ3n) is 3.42. The number of amides is 2. The summed E-state index contributed by atoms with van der Waals surface area (Å²) in [5, 5.41) is 2.50. The molecule has 1 aliphatic heterocycles. The van der Waals surface area contributed by atoms with Crippen LogP contribution in [0.2, 0.25) is 0 Å². The predicted molar refractivity (Wildman–Crippen MR) is 74.6 cm³/mol. The van der Waals surface area contributed by atoms with Crippen molar-refractivity contribution in [2.45, 2.75) is 31.8 Å². The zero-order valence-electron chi connectivity index (χ0n) is 11.6. The molecule has 2 N–H and O–H groups in total. The normalized spacial score (nSPS) is 20.8. The third-order valence-corrected chi connectivity index (χ3v) is 4.53. The van der Waals surface area contributed by atoms with Gasteiger partial charge in [-0.1, -0.05) is 30.3 Å². The Hall–Kier alpha value is -1.93.